The molecule has 0 atom stereocenters. The van der Waals surface area contributed by atoms with Crippen molar-refractivity contribution < 1.29 is 31.7 Å². The zero-order valence-corrected chi connectivity index (χ0v) is 25.0. The molecule has 12 heteroatoms. The Labute approximate surface area is 244 Å². The second kappa shape index (κ2) is 12.3. The van der Waals surface area contributed by atoms with E-state index in [1.807, 2.05) is 31.2 Å². The van der Waals surface area contributed by atoms with E-state index < -0.39 is 16.0 Å². The predicted octanol–water partition coefficient (Wildman–Crippen LogP) is 6.12. The molecule has 3 aromatic rings. The summed E-state index contributed by atoms with van der Waals surface area (Å²) in [6, 6.07) is 16.2. The van der Waals surface area contributed by atoms with Crippen molar-refractivity contribution in [3.63, 3.8) is 0 Å². The summed E-state index contributed by atoms with van der Waals surface area (Å²) in [4.78, 5) is 38.2. The summed E-state index contributed by atoms with van der Waals surface area (Å²) < 4.78 is 37.4. The van der Waals surface area contributed by atoms with Gasteiger partial charge in [0.05, 0.1) is 22.5 Å². The van der Waals surface area contributed by atoms with Crippen LogP contribution in [-0.4, -0.2) is 37.0 Å². The molecule has 3 aromatic carbocycles. The van der Waals surface area contributed by atoms with E-state index in [0.29, 0.717) is 11.3 Å². The molecule has 0 saturated carbocycles. The molecule has 0 spiro atoms. The molecule has 1 N–H and O–H groups in total. The molecule has 1 aliphatic rings. The summed E-state index contributed by atoms with van der Waals surface area (Å²) in [5, 5.41) is 2.19. The van der Waals surface area contributed by atoms with Crippen molar-refractivity contribution in [1.82, 2.24) is 4.90 Å². The Kier molecular flexibility index (Phi) is 9.02. The van der Waals surface area contributed by atoms with Crippen molar-refractivity contribution >= 4 is 66.6 Å². The number of carbonyl (C=O) groups is 3. The van der Waals surface area contributed by atoms with E-state index in [1.54, 1.807) is 19.1 Å². The molecule has 208 valence electrons. The van der Waals surface area contributed by atoms with Crippen LogP contribution in [-0.2, 0) is 26.3 Å². The van der Waals surface area contributed by atoms with Crippen LogP contribution in [0, 0.1) is 6.92 Å². The smallest absolute Gasteiger partial charge is 0.339 e. The van der Waals surface area contributed by atoms with Gasteiger partial charge in [0.15, 0.2) is 11.5 Å². The van der Waals surface area contributed by atoms with E-state index in [4.69, 9.17) is 8.92 Å². The van der Waals surface area contributed by atoms with E-state index in [1.165, 1.54) is 42.2 Å². The maximum Gasteiger partial charge on any atom is 0.339 e. The van der Waals surface area contributed by atoms with E-state index in [0.717, 1.165) is 22.9 Å². The SMILES string of the molecule is CCOc1cc(/C=C2\SC(=O)N(Cc3cccc(C)c3)C2=O)cc(Br)c1OS(=O)(=O)c1ccc(NC(C)=O)cc1. The molecule has 1 heterocycles. The van der Waals surface area contributed by atoms with Crippen LogP contribution in [0.1, 0.15) is 30.5 Å². The van der Waals surface area contributed by atoms with Gasteiger partial charge in [-0.25, -0.2) is 0 Å². The van der Waals surface area contributed by atoms with Gasteiger partial charge >= 0.3 is 10.1 Å². The summed E-state index contributed by atoms with van der Waals surface area (Å²) >= 11 is 4.19. The fraction of sp³-hybridized carbons (Fsp3) is 0.179. The van der Waals surface area contributed by atoms with E-state index in [2.05, 4.69) is 21.2 Å². The number of benzene rings is 3. The lowest BCUT2D eigenvalue weighted by Crippen LogP contribution is -2.27. The third-order valence-electron chi connectivity index (χ3n) is 5.58. The lowest BCUT2D eigenvalue weighted by atomic mass is 10.1. The van der Waals surface area contributed by atoms with Crippen LogP contribution in [0.5, 0.6) is 11.5 Å². The Hall–Kier alpha value is -3.61. The largest absolute Gasteiger partial charge is 0.490 e. The van der Waals surface area contributed by atoms with Crippen LogP contribution < -0.4 is 14.2 Å². The van der Waals surface area contributed by atoms with Gasteiger partial charge in [-0.15, -0.1) is 0 Å². The highest BCUT2D eigenvalue weighted by Gasteiger charge is 2.35. The number of halogens is 1. The van der Waals surface area contributed by atoms with Crippen molar-refractivity contribution in [2.45, 2.75) is 32.2 Å². The first-order valence-corrected chi connectivity index (χ1v) is 15.1. The molecule has 1 fully saturated rings. The number of hydrogen-bond donors (Lipinski definition) is 1. The number of imide groups is 1. The van der Waals surface area contributed by atoms with Crippen molar-refractivity contribution in [3.05, 3.63) is 86.7 Å². The third kappa shape index (κ3) is 6.93. The summed E-state index contributed by atoms with van der Waals surface area (Å²) in [5.74, 6) is -0.650. The molecular formula is C28H25BrN2O7S2. The van der Waals surface area contributed by atoms with Crippen LogP contribution >= 0.6 is 27.7 Å². The number of rotatable bonds is 9. The minimum atomic E-state index is -4.26. The lowest BCUT2D eigenvalue weighted by molar-refractivity contribution is -0.123. The number of aryl methyl sites for hydroxylation is 1. The second-order valence-electron chi connectivity index (χ2n) is 8.76. The Morgan fingerprint density at radius 2 is 1.82 bits per heavy atom. The third-order valence-corrected chi connectivity index (χ3v) is 8.31. The average molecular weight is 646 g/mol. The summed E-state index contributed by atoms with van der Waals surface area (Å²) in [6.07, 6.45) is 1.55. The zero-order chi connectivity index (χ0) is 29.0. The van der Waals surface area contributed by atoms with Crippen LogP contribution in [0.2, 0.25) is 0 Å². The molecule has 40 heavy (non-hydrogen) atoms. The minimum absolute atomic E-state index is 0.0718. The average Bonchev–Trinajstić information content (AvgIpc) is 3.13. The first-order chi connectivity index (χ1) is 19.0. The fourth-order valence-electron chi connectivity index (χ4n) is 3.86. The highest BCUT2D eigenvalue weighted by molar-refractivity contribution is 9.10. The Morgan fingerprint density at radius 1 is 1.10 bits per heavy atom. The van der Waals surface area contributed by atoms with Crippen LogP contribution in [0.25, 0.3) is 6.08 Å². The summed E-state index contributed by atoms with van der Waals surface area (Å²) in [5.41, 5.74) is 2.81. The molecule has 1 aliphatic heterocycles. The molecule has 0 aromatic heterocycles. The lowest BCUT2D eigenvalue weighted by Gasteiger charge is -2.15. The van der Waals surface area contributed by atoms with Crippen LogP contribution in [0.4, 0.5) is 10.5 Å². The standard InChI is InChI=1S/C28H25BrN2O7S2/c1-4-37-24-14-20(15-25-27(33)31(28(34)39-25)16-19-7-5-6-17(2)12-19)13-23(29)26(24)38-40(35,36)22-10-8-21(9-11-22)30-18(3)32/h5-15H,4,16H2,1-3H3,(H,30,32)/b25-15-. The van der Waals surface area contributed by atoms with Crippen molar-refractivity contribution in [2.24, 2.45) is 0 Å². The van der Waals surface area contributed by atoms with Gasteiger partial charge in [0.25, 0.3) is 11.1 Å². The summed E-state index contributed by atoms with van der Waals surface area (Å²) in [6.45, 7) is 5.39. The van der Waals surface area contributed by atoms with Crippen molar-refractivity contribution in [3.8, 4) is 11.5 Å². The van der Waals surface area contributed by atoms with Gasteiger partial charge in [-0.05, 0) is 95.1 Å². The maximum atomic E-state index is 13.0. The number of anilines is 1. The van der Waals surface area contributed by atoms with E-state index in [-0.39, 0.29) is 50.1 Å². The Bertz CT molecular complexity index is 1620. The van der Waals surface area contributed by atoms with Gasteiger partial charge in [0.2, 0.25) is 5.91 Å². The van der Waals surface area contributed by atoms with Gasteiger partial charge in [-0.2, -0.15) is 8.42 Å². The van der Waals surface area contributed by atoms with Gasteiger partial charge in [0, 0.05) is 12.6 Å². The number of nitrogens with one attached hydrogen (secondary N) is 1. The normalized spacial score (nSPS) is 14.5. The quantitative estimate of drug-likeness (QED) is 0.219. The Balaban J connectivity index is 1.59. The number of hydrogen-bond acceptors (Lipinski definition) is 8. The minimum Gasteiger partial charge on any atom is -0.490 e. The molecule has 0 aliphatic carbocycles. The highest BCUT2D eigenvalue weighted by atomic mass is 79.9. The first-order valence-electron chi connectivity index (χ1n) is 12.1. The van der Waals surface area contributed by atoms with E-state index >= 15 is 0 Å². The predicted molar refractivity (Wildman–Crippen MR) is 157 cm³/mol. The first kappa shape index (κ1) is 29.4. The molecule has 3 amide bonds. The maximum absolute atomic E-state index is 13.0. The van der Waals surface area contributed by atoms with Gasteiger partial charge in [-0.3, -0.25) is 19.3 Å². The van der Waals surface area contributed by atoms with Crippen LogP contribution in [0.3, 0.4) is 0 Å². The number of thioether (sulfide) groups is 1. The van der Waals surface area contributed by atoms with Gasteiger partial charge in [0.1, 0.15) is 4.90 Å². The molecule has 0 unspecified atom stereocenters. The molecule has 1 saturated heterocycles. The second-order valence-corrected chi connectivity index (χ2v) is 12.2. The van der Waals surface area contributed by atoms with E-state index in [9.17, 15) is 22.8 Å². The molecule has 4 rings (SSSR count). The van der Waals surface area contributed by atoms with Crippen molar-refractivity contribution in [1.29, 1.82) is 0 Å². The molecule has 0 bridgehead atoms. The monoisotopic (exact) mass is 644 g/mol. The number of ether oxygens (including phenoxy) is 1. The number of amides is 3. The molecular weight excluding hydrogens is 620 g/mol. The molecule has 0 radical (unpaired) electrons. The van der Waals surface area contributed by atoms with Gasteiger partial charge < -0.3 is 14.2 Å². The number of nitrogens with zero attached hydrogens (tertiary/aromatic N) is 1. The topological polar surface area (TPSA) is 119 Å². The highest BCUT2D eigenvalue weighted by Crippen LogP contribution is 2.41. The van der Waals surface area contributed by atoms with Crippen LogP contribution in [0.15, 0.2) is 74.9 Å². The number of carbonyl (C=O) groups excluding carboxylic acids is 3. The van der Waals surface area contributed by atoms with Gasteiger partial charge in [-0.1, -0.05) is 29.8 Å². The molecule has 9 nitrogen and oxygen atoms in total. The fourth-order valence-corrected chi connectivity index (χ4v) is 6.30. The zero-order valence-electron chi connectivity index (χ0n) is 21.8. The summed E-state index contributed by atoms with van der Waals surface area (Å²) in [7, 11) is -4.26. The van der Waals surface area contributed by atoms with Crippen molar-refractivity contribution in [2.75, 3.05) is 11.9 Å². The Morgan fingerprint density at radius 3 is 2.48 bits per heavy atom.